The van der Waals surface area contributed by atoms with Gasteiger partial charge in [0.25, 0.3) is 0 Å². The van der Waals surface area contributed by atoms with E-state index in [2.05, 4.69) is 16.9 Å². The Morgan fingerprint density at radius 3 is 3.00 bits per heavy atom. The zero-order valence-electron chi connectivity index (χ0n) is 5.66. The summed E-state index contributed by atoms with van der Waals surface area (Å²) in [4.78, 5) is 8.37. The van der Waals surface area contributed by atoms with Crippen molar-refractivity contribution >= 4 is 23.1 Å². The fourth-order valence-corrected chi connectivity index (χ4v) is 1.13. The standard InChI is InChI=1S/C6H10N2S/c1-5-3-4-7-6(8-5)9-2/h4-5H,3H2,1-2H3. The molecule has 0 N–H and O–H groups in total. The van der Waals surface area contributed by atoms with E-state index < -0.39 is 0 Å². The van der Waals surface area contributed by atoms with Gasteiger partial charge < -0.3 is 0 Å². The summed E-state index contributed by atoms with van der Waals surface area (Å²) < 4.78 is 0. The van der Waals surface area contributed by atoms with E-state index in [1.807, 2.05) is 12.5 Å². The molecule has 1 rings (SSSR count). The van der Waals surface area contributed by atoms with Crippen LogP contribution in [0.1, 0.15) is 13.3 Å². The number of thioether (sulfide) groups is 1. The molecule has 0 spiro atoms. The Hall–Kier alpha value is -0.310. The van der Waals surface area contributed by atoms with E-state index in [9.17, 15) is 0 Å². The van der Waals surface area contributed by atoms with Crippen molar-refractivity contribution < 1.29 is 0 Å². The van der Waals surface area contributed by atoms with E-state index >= 15 is 0 Å². The van der Waals surface area contributed by atoms with Crippen LogP contribution in [0.2, 0.25) is 0 Å². The van der Waals surface area contributed by atoms with Crippen molar-refractivity contribution in [1.29, 1.82) is 0 Å². The second-order valence-electron chi connectivity index (χ2n) is 2.01. The fourth-order valence-electron chi connectivity index (χ4n) is 0.663. The predicted molar refractivity (Wildman–Crippen MR) is 43.5 cm³/mol. The molecule has 0 saturated carbocycles. The molecule has 0 aromatic carbocycles. The first-order valence-corrected chi connectivity index (χ1v) is 4.19. The second kappa shape index (κ2) is 3.01. The molecular formula is C6H10N2S. The molecule has 9 heavy (non-hydrogen) atoms. The first-order chi connectivity index (χ1) is 4.33. The summed E-state index contributed by atoms with van der Waals surface area (Å²) >= 11 is 1.60. The number of rotatable bonds is 0. The van der Waals surface area contributed by atoms with Crippen LogP contribution in [0.25, 0.3) is 0 Å². The maximum absolute atomic E-state index is 4.28. The number of amidine groups is 1. The van der Waals surface area contributed by atoms with E-state index in [0.29, 0.717) is 6.04 Å². The van der Waals surface area contributed by atoms with Crippen molar-refractivity contribution in [3.8, 4) is 0 Å². The average molecular weight is 142 g/mol. The van der Waals surface area contributed by atoms with Gasteiger partial charge in [0.2, 0.25) is 0 Å². The first kappa shape index (κ1) is 6.81. The van der Waals surface area contributed by atoms with Gasteiger partial charge in [-0.15, -0.1) is 0 Å². The van der Waals surface area contributed by atoms with Crippen molar-refractivity contribution in [3.63, 3.8) is 0 Å². The molecule has 1 aliphatic heterocycles. The van der Waals surface area contributed by atoms with Crippen molar-refractivity contribution in [3.05, 3.63) is 0 Å². The largest absolute Gasteiger partial charge is 0.257 e. The molecule has 0 aromatic rings. The van der Waals surface area contributed by atoms with Gasteiger partial charge in [-0.25, -0.2) is 4.99 Å². The van der Waals surface area contributed by atoms with Crippen molar-refractivity contribution in [1.82, 2.24) is 0 Å². The minimum atomic E-state index is 0.435. The highest BCUT2D eigenvalue weighted by molar-refractivity contribution is 8.13. The Morgan fingerprint density at radius 2 is 2.56 bits per heavy atom. The van der Waals surface area contributed by atoms with Gasteiger partial charge in [0.05, 0.1) is 6.04 Å². The summed E-state index contributed by atoms with van der Waals surface area (Å²) in [5, 5.41) is 0.911. The zero-order chi connectivity index (χ0) is 6.69. The van der Waals surface area contributed by atoms with Crippen molar-refractivity contribution in [2.45, 2.75) is 19.4 Å². The maximum atomic E-state index is 4.28. The normalized spacial score (nSPS) is 26.0. The van der Waals surface area contributed by atoms with Crippen molar-refractivity contribution in [2.75, 3.05) is 6.26 Å². The average Bonchev–Trinajstić information content (AvgIpc) is 1.88. The van der Waals surface area contributed by atoms with Crippen LogP contribution in [0.4, 0.5) is 0 Å². The van der Waals surface area contributed by atoms with Crippen LogP contribution in [0.15, 0.2) is 9.98 Å². The van der Waals surface area contributed by atoms with Crippen LogP contribution in [-0.4, -0.2) is 23.7 Å². The Kier molecular flexibility index (Phi) is 2.28. The monoisotopic (exact) mass is 142 g/mol. The van der Waals surface area contributed by atoms with E-state index in [1.54, 1.807) is 11.8 Å². The molecule has 2 nitrogen and oxygen atoms in total. The number of hydrogen-bond acceptors (Lipinski definition) is 3. The van der Waals surface area contributed by atoms with Gasteiger partial charge in [0.1, 0.15) is 0 Å². The number of nitrogens with zero attached hydrogens (tertiary/aromatic N) is 2. The molecule has 0 aromatic heterocycles. The van der Waals surface area contributed by atoms with Crippen LogP contribution in [0.3, 0.4) is 0 Å². The molecular weight excluding hydrogens is 132 g/mol. The van der Waals surface area contributed by atoms with Gasteiger partial charge in [-0.1, -0.05) is 11.8 Å². The highest BCUT2D eigenvalue weighted by Crippen LogP contribution is 2.08. The topological polar surface area (TPSA) is 24.7 Å². The Morgan fingerprint density at radius 1 is 1.78 bits per heavy atom. The molecule has 3 heteroatoms. The molecule has 1 aliphatic rings. The van der Waals surface area contributed by atoms with Crippen LogP contribution in [0.5, 0.6) is 0 Å². The van der Waals surface area contributed by atoms with Crippen LogP contribution >= 0.6 is 11.8 Å². The van der Waals surface area contributed by atoms with Crippen molar-refractivity contribution in [2.24, 2.45) is 9.98 Å². The molecule has 0 aliphatic carbocycles. The second-order valence-corrected chi connectivity index (χ2v) is 2.79. The number of aliphatic imine (C=N–C) groups is 2. The van der Waals surface area contributed by atoms with Crippen LogP contribution in [0, 0.1) is 0 Å². The molecule has 0 fully saturated rings. The predicted octanol–water partition coefficient (Wildman–Crippen LogP) is 1.57. The molecule has 0 saturated heterocycles. The third-order valence-corrected chi connectivity index (χ3v) is 1.74. The van der Waals surface area contributed by atoms with Gasteiger partial charge in [0, 0.05) is 12.6 Å². The highest BCUT2D eigenvalue weighted by atomic mass is 32.2. The fraction of sp³-hybridized carbons (Fsp3) is 0.667. The van der Waals surface area contributed by atoms with E-state index in [-0.39, 0.29) is 0 Å². The Balaban J connectivity index is 2.59. The van der Waals surface area contributed by atoms with Gasteiger partial charge in [-0.2, -0.15) is 0 Å². The highest BCUT2D eigenvalue weighted by Gasteiger charge is 2.03. The SMILES string of the molecule is CSC1=NC(C)CC=N1. The van der Waals surface area contributed by atoms with Gasteiger partial charge in [-0.05, 0) is 13.2 Å². The van der Waals surface area contributed by atoms with Crippen LogP contribution in [-0.2, 0) is 0 Å². The minimum Gasteiger partial charge on any atom is -0.257 e. The van der Waals surface area contributed by atoms with Gasteiger partial charge in [0.15, 0.2) is 5.17 Å². The van der Waals surface area contributed by atoms with E-state index in [0.717, 1.165) is 11.6 Å². The maximum Gasteiger partial charge on any atom is 0.182 e. The summed E-state index contributed by atoms with van der Waals surface area (Å²) in [6.45, 7) is 2.10. The lowest BCUT2D eigenvalue weighted by atomic mass is 10.2. The summed E-state index contributed by atoms with van der Waals surface area (Å²) in [5.74, 6) is 0. The Labute approximate surface area is 59.5 Å². The molecule has 1 atom stereocenters. The molecule has 1 unspecified atom stereocenters. The lowest BCUT2D eigenvalue weighted by Gasteiger charge is -2.07. The Bertz CT molecular complexity index is 151. The molecule has 0 radical (unpaired) electrons. The summed E-state index contributed by atoms with van der Waals surface area (Å²) in [5.41, 5.74) is 0. The summed E-state index contributed by atoms with van der Waals surface area (Å²) in [6, 6.07) is 0.435. The molecule has 0 bridgehead atoms. The van der Waals surface area contributed by atoms with Gasteiger partial charge in [-0.3, -0.25) is 4.99 Å². The molecule has 0 amide bonds. The summed E-state index contributed by atoms with van der Waals surface area (Å²) in [6.07, 6.45) is 4.92. The van der Waals surface area contributed by atoms with E-state index in [1.165, 1.54) is 0 Å². The third-order valence-electron chi connectivity index (χ3n) is 1.16. The quantitative estimate of drug-likeness (QED) is 0.504. The molecule has 1 heterocycles. The summed E-state index contributed by atoms with van der Waals surface area (Å²) in [7, 11) is 0. The van der Waals surface area contributed by atoms with Gasteiger partial charge >= 0.3 is 0 Å². The first-order valence-electron chi connectivity index (χ1n) is 2.97. The lowest BCUT2D eigenvalue weighted by molar-refractivity contribution is 0.782. The van der Waals surface area contributed by atoms with E-state index in [4.69, 9.17) is 0 Å². The lowest BCUT2D eigenvalue weighted by Crippen LogP contribution is -2.07. The number of hydrogen-bond donors (Lipinski definition) is 0. The molecule has 50 valence electrons. The smallest absolute Gasteiger partial charge is 0.182 e. The van der Waals surface area contributed by atoms with Crippen LogP contribution < -0.4 is 0 Å². The third kappa shape index (κ3) is 1.82. The minimum absolute atomic E-state index is 0.435. The zero-order valence-corrected chi connectivity index (χ0v) is 6.48.